The van der Waals surface area contributed by atoms with Crippen LogP contribution in [0.4, 0.5) is 0 Å². The molecule has 2 aromatic heterocycles. The minimum Gasteiger partial charge on any atom is -0.244 e. The number of nitrogens with zero attached hydrogens (tertiary/aromatic N) is 4. The summed E-state index contributed by atoms with van der Waals surface area (Å²) in [7, 11) is 0. The highest BCUT2D eigenvalue weighted by Gasteiger charge is 2.49. The van der Waals surface area contributed by atoms with Gasteiger partial charge in [0, 0.05) is 27.8 Å². The van der Waals surface area contributed by atoms with E-state index in [1.807, 2.05) is 48.5 Å². The van der Waals surface area contributed by atoms with E-state index in [0.717, 1.165) is 74.5 Å². The van der Waals surface area contributed by atoms with Crippen LogP contribution in [0, 0.1) is 0 Å². The predicted molar refractivity (Wildman–Crippen MR) is 240 cm³/mol. The molecule has 0 spiro atoms. The van der Waals surface area contributed by atoms with E-state index < -0.39 is 5.41 Å². The number of para-hydroxylation sites is 2. The van der Waals surface area contributed by atoms with Crippen molar-refractivity contribution < 1.29 is 0 Å². The second-order valence-corrected chi connectivity index (χ2v) is 15.2. The Bertz CT molecular complexity index is 2970. The van der Waals surface area contributed by atoms with Gasteiger partial charge in [0.15, 0.2) is 5.82 Å². The van der Waals surface area contributed by atoms with E-state index in [4.69, 9.17) is 19.9 Å². The zero-order valence-corrected chi connectivity index (χ0v) is 32.3. The Labute approximate surface area is 344 Å². The number of aromatic nitrogens is 4. The first kappa shape index (κ1) is 34.7. The van der Waals surface area contributed by atoms with Gasteiger partial charge in [-0.25, -0.2) is 19.9 Å². The van der Waals surface area contributed by atoms with Crippen LogP contribution in [0.5, 0.6) is 0 Å². The van der Waals surface area contributed by atoms with Crippen LogP contribution in [0.1, 0.15) is 35.1 Å². The number of benzene rings is 7. The summed E-state index contributed by atoms with van der Waals surface area (Å²) in [6, 6.07) is 68.3. The van der Waals surface area contributed by atoms with E-state index in [-0.39, 0.29) is 0 Å². The molecule has 11 rings (SSSR count). The summed E-state index contributed by atoms with van der Waals surface area (Å²) in [5.41, 5.74) is 17.5. The average molecular weight is 755 g/mol. The molecule has 0 saturated carbocycles. The van der Waals surface area contributed by atoms with Crippen LogP contribution >= 0.6 is 0 Å². The minimum atomic E-state index is -0.547. The Morgan fingerprint density at radius 3 is 1.54 bits per heavy atom. The molecule has 0 atom stereocenters. The molecule has 2 aliphatic rings. The van der Waals surface area contributed by atoms with Gasteiger partial charge < -0.3 is 0 Å². The van der Waals surface area contributed by atoms with Crippen LogP contribution in [0.3, 0.4) is 0 Å². The third-order valence-electron chi connectivity index (χ3n) is 11.9. The average Bonchev–Trinajstić information content (AvgIpc) is 3.63. The standard InChI is InChI=1S/C55H38N4/c1-5-18-37(19-6-1)49-36-50(59-54(58-49)40-20-7-2-8-21-40)38-32-34-39(35-33-38)52-53(57-48-31-16-15-30-47(48)56-52)45-28-17-27-44-43-26-13-14-29-46(43)55(51(44)45,41-22-9-3-10-23-41)42-24-11-4-12-25-42/h1-12,14-25,27-36H,13,26H2. The normalized spacial score (nSPS) is 14.0. The molecular weight excluding hydrogens is 717 g/mol. The van der Waals surface area contributed by atoms with Gasteiger partial charge in [0.1, 0.15) is 0 Å². The second-order valence-electron chi connectivity index (χ2n) is 15.2. The van der Waals surface area contributed by atoms with Crippen molar-refractivity contribution in [2.45, 2.75) is 18.3 Å². The van der Waals surface area contributed by atoms with Crippen molar-refractivity contribution in [3.05, 3.63) is 234 Å². The molecule has 4 nitrogen and oxygen atoms in total. The van der Waals surface area contributed by atoms with Crippen molar-refractivity contribution in [1.29, 1.82) is 0 Å². The fourth-order valence-electron chi connectivity index (χ4n) is 9.23. The van der Waals surface area contributed by atoms with Crippen molar-refractivity contribution in [1.82, 2.24) is 19.9 Å². The van der Waals surface area contributed by atoms with Gasteiger partial charge in [-0.1, -0.05) is 188 Å². The zero-order chi connectivity index (χ0) is 39.2. The van der Waals surface area contributed by atoms with E-state index in [1.54, 1.807) is 0 Å². The van der Waals surface area contributed by atoms with Gasteiger partial charge >= 0.3 is 0 Å². The molecule has 0 bridgehead atoms. The van der Waals surface area contributed by atoms with E-state index >= 15 is 0 Å². The summed E-state index contributed by atoms with van der Waals surface area (Å²) < 4.78 is 0. The van der Waals surface area contributed by atoms with Gasteiger partial charge in [0.2, 0.25) is 0 Å². The van der Waals surface area contributed by atoms with Crippen LogP contribution in [0.25, 0.3) is 73.0 Å². The van der Waals surface area contributed by atoms with E-state index in [9.17, 15) is 0 Å². The van der Waals surface area contributed by atoms with Crippen molar-refractivity contribution in [3.63, 3.8) is 0 Å². The van der Waals surface area contributed by atoms with Crippen LogP contribution < -0.4 is 0 Å². The van der Waals surface area contributed by atoms with E-state index in [0.29, 0.717) is 5.82 Å². The quantitative estimate of drug-likeness (QED) is 0.163. The van der Waals surface area contributed by atoms with Crippen LogP contribution in [0.2, 0.25) is 0 Å². The van der Waals surface area contributed by atoms with Crippen molar-refractivity contribution in [3.8, 4) is 56.4 Å². The predicted octanol–water partition coefficient (Wildman–Crippen LogP) is 13.2. The maximum absolute atomic E-state index is 5.52. The lowest BCUT2D eigenvalue weighted by Crippen LogP contribution is -2.30. The second kappa shape index (κ2) is 14.4. The molecule has 0 unspecified atom stereocenters. The Balaban J connectivity index is 1.12. The molecule has 0 amide bonds. The number of fused-ring (bicyclic) bond motifs is 3. The van der Waals surface area contributed by atoms with Gasteiger partial charge in [-0.05, 0) is 64.4 Å². The summed E-state index contributed by atoms with van der Waals surface area (Å²) in [6.07, 6.45) is 6.73. The lowest BCUT2D eigenvalue weighted by atomic mass is 9.65. The van der Waals surface area contributed by atoms with E-state index in [2.05, 4.69) is 158 Å². The van der Waals surface area contributed by atoms with E-state index in [1.165, 1.54) is 33.4 Å². The molecule has 59 heavy (non-hydrogen) atoms. The summed E-state index contributed by atoms with van der Waals surface area (Å²) >= 11 is 0. The van der Waals surface area contributed by atoms with Gasteiger partial charge in [0.25, 0.3) is 0 Å². The van der Waals surface area contributed by atoms with Gasteiger partial charge in [-0.15, -0.1) is 0 Å². The molecule has 7 aromatic carbocycles. The molecule has 0 aliphatic heterocycles. The first-order chi connectivity index (χ1) is 29.3. The largest absolute Gasteiger partial charge is 0.244 e. The highest BCUT2D eigenvalue weighted by molar-refractivity contribution is 5.96. The summed E-state index contributed by atoms with van der Waals surface area (Å²) in [5, 5.41) is 0. The Morgan fingerprint density at radius 1 is 0.407 bits per heavy atom. The van der Waals surface area contributed by atoms with Crippen LogP contribution in [-0.4, -0.2) is 19.9 Å². The fraction of sp³-hybridized carbons (Fsp3) is 0.0545. The van der Waals surface area contributed by atoms with Gasteiger partial charge in [0.05, 0.1) is 39.2 Å². The first-order valence-electron chi connectivity index (χ1n) is 20.3. The molecule has 0 fully saturated rings. The fourth-order valence-corrected chi connectivity index (χ4v) is 9.23. The topological polar surface area (TPSA) is 51.6 Å². The molecule has 2 aliphatic carbocycles. The molecule has 2 heterocycles. The number of hydrogen-bond acceptors (Lipinski definition) is 4. The summed E-state index contributed by atoms with van der Waals surface area (Å²) in [5.74, 6) is 0.693. The monoisotopic (exact) mass is 754 g/mol. The summed E-state index contributed by atoms with van der Waals surface area (Å²) in [6.45, 7) is 0. The minimum absolute atomic E-state index is 0.547. The Morgan fingerprint density at radius 2 is 0.915 bits per heavy atom. The maximum Gasteiger partial charge on any atom is 0.160 e. The van der Waals surface area contributed by atoms with Crippen molar-refractivity contribution in [2.75, 3.05) is 0 Å². The molecule has 9 aromatic rings. The van der Waals surface area contributed by atoms with Crippen LogP contribution in [-0.2, 0) is 5.41 Å². The smallest absolute Gasteiger partial charge is 0.160 e. The summed E-state index contributed by atoms with van der Waals surface area (Å²) in [4.78, 5) is 21.1. The van der Waals surface area contributed by atoms with Crippen molar-refractivity contribution in [2.24, 2.45) is 0 Å². The molecule has 278 valence electrons. The highest BCUT2D eigenvalue weighted by atomic mass is 14.9. The third kappa shape index (κ3) is 5.83. The lowest BCUT2D eigenvalue weighted by molar-refractivity contribution is 0.758. The van der Waals surface area contributed by atoms with Gasteiger partial charge in [-0.2, -0.15) is 0 Å². The molecule has 4 heteroatoms. The molecule has 0 radical (unpaired) electrons. The lowest BCUT2D eigenvalue weighted by Gasteiger charge is -2.36. The number of rotatable bonds is 7. The zero-order valence-electron chi connectivity index (χ0n) is 32.3. The van der Waals surface area contributed by atoms with Crippen LogP contribution in [0.15, 0.2) is 212 Å². The van der Waals surface area contributed by atoms with Crippen molar-refractivity contribution >= 4 is 16.6 Å². The molecule has 0 N–H and O–H groups in total. The maximum atomic E-state index is 5.52. The highest BCUT2D eigenvalue weighted by Crippen LogP contribution is 2.59. The van der Waals surface area contributed by atoms with Gasteiger partial charge in [-0.3, -0.25) is 0 Å². The third-order valence-corrected chi connectivity index (χ3v) is 11.9. The number of allylic oxidation sites excluding steroid dienone is 4. The molecule has 0 saturated heterocycles. The number of hydrogen-bond donors (Lipinski definition) is 0. The Kier molecular flexibility index (Phi) is 8.48. The Hall–Kier alpha value is -7.56. The SMILES string of the molecule is C1=CC2=C(CC1)c1cccc(-c3nc4ccccc4nc3-c3ccc(-c4cc(-c5ccccc5)nc(-c5ccccc5)n4)cc3)c1C2(c1ccccc1)c1ccccc1. The first-order valence-corrected chi connectivity index (χ1v) is 20.3. The molecular formula is C55H38N4.